The van der Waals surface area contributed by atoms with Crippen LogP contribution >= 0.6 is 0 Å². The van der Waals surface area contributed by atoms with Gasteiger partial charge in [-0.15, -0.1) is 0 Å². The molecule has 2 rings (SSSR count). The van der Waals surface area contributed by atoms with E-state index in [0.717, 1.165) is 45.6 Å². The summed E-state index contributed by atoms with van der Waals surface area (Å²) in [5.41, 5.74) is 0. The molecule has 5 nitrogen and oxygen atoms in total. The zero-order chi connectivity index (χ0) is 11.4. The highest BCUT2D eigenvalue weighted by Gasteiger charge is 2.28. The maximum atomic E-state index is 12.0. The Labute approximate surface area is 96.4 Å². The number of hydrogen-bond acceptors (Lipinski definition) is 4. The minimum absolute atomic E-state index is 0.0652. The quantitative estimate of drug-likeness (QED) is 0.641. The van der Waals surface area contributed by atoms with Gasteiger partial charge in [-0.1, -0.05) is 0 Å². The Balaban J connectivity index is 1.82. The number of likely N-dealkylation sites (tertiary alicyclic amines) is 1. The molecule has 92 valence electrons. The standard InChI is InChI=1S/C11H21N3O2/c15-9-10-2-1-5-14(10)11(16)8-13-6-3-12-4-7-13/h10,12,15H,1-9H2/t10-/m1/s1. The van der Waals surface area contributed by atoms with E-state index in [9.17, 15) is 9.90 Å². The van der Waals surface area contributed by atoms with Crippen LogP contribution in [0.1, 0.15) is 12.8 Å². The second kappa shape index (κ2) is 5.61. The lowest BCUT2D eigenvalue weighted by Gasteiger charge is -2.30. The van der Waals surface area contributed by atoms with Gasteiger partial charge in [0, 0.05) is 32.7 Å². The van der Waals surface area contributed by atoms with Crippen molar-refractivity contribution in [2.75, 3.05) is 45.9 Å². The van der Waals surface area contributed by atoms with Crippen molar-refractivity contribution in [2.45, 2.75) is 18.9 Å². The predicted octanol–water partition coefficient (Wildman–Crippen LogP) is -1.13. The molecular weight excluding hydrogens is 206 g/mol. The number of aliphatic hydroxyl groups excluding tert-OH is 1. The van der Waals surface area contributed by atoms with Gasteiger partial charge in [0.25, 0.3) is 0 Å². The van der Waals surface area contributed by atoms with Crippen LogP contribution in [0.5, 0.6) is 0 Å². The Morgan fingerprint density at radius 3 is 2.75 bits per heavy atom. The molecule has 1 atom stereocenters. The largest absolute Gasteiger partial charge is 0.394 e. The fourth-order valence-corrected chi connectivity index (χ4v) is 2.51. The van der Waals surface area contributed by atoms with E-state index in [4.69, 9.17) is 0 Å². The lowest BCUT2D eigenvalue weighted by Crippen LogP contribution is -2.49. The maximum absolute atomic E-state index is 12.0. The van der Waals surface area contributed by atoms with Gasteiger partial charge in [0.15, 0.2) is 0 Å². The molecule has 0 saturated carbocycles. The molecule has 1 amide bonds. The summed E-state index contributed by atoms with van der Waals surface area (Å²) in [7, 11) is 0. The van der Waals surface area contributed by atoms with E-state index >= 15 is 0 Å². The van der Waals surface area contributed by atoms with Gasteiger partial charge < -0.3 is 15.3 Å². The number of nitrogens with one attached hydrogen (secondary N) is 1. The molecule has 2 aliphatic rings. The Hall–Kier alpha value is -0.650. The van der Waals surface area contributed by atoms with Crippen LogP contribution in [0.3, 0.4) is 0 Å². The highest BCUT2D eigenvalue weighted by atomic mass is 16.3. The molecule has 2 aliphatic heterocycles. The molecular formula is C11H21N3O2. The van der Waals surface area contributed by atoms with E-state index in [1.807, 2.05) is 4.90 Å². The zero-order valence-corrected chi connectivity index (χ0v) is 9.69. The molecule has 0 aliphatic carbocycles. The molecule has 0 radical (unpaired) electrons. The van der Waals surface area contributed by atoms with Crippen LogP contribution < -0.4 is 5.32 Å². The molecule has 0 unspecified atom stereocenters. The van der Waals surface area contributed by atoms with Crippen molar-refractivity contribution in [2.24, 2.45) is 0 Å². The first-order valence-electron chi connectivity index (χ1n) is 6.14. The van der Waals surface area contributed by atoms with Gasteiger partial charge >= 0.3 is 0 Å². The summed E-state index contributed by atoms with van der Waals surface area (Å²) in [6.45, 7) is 5.27. The van der Waals surface area contributed by atoms with Gasteiger partial charge in [-0.3, -0.25) is 9.69 Å². The smallest absolute Gasteiger partial charge is 0.237 e. The van der Waals surface area contributed by atoms with Crippen molar-refractivity contribution in [3.8, 4) is 0 Å². The SMILES string of the molecule is O=C(CN1CCNCC1)N1CCC[C@@H]1CO. The monoisotopic (exact) mass is 227 g/mol. The minimum Gasteiger partial charge on any atom is -0.394 e. The van der Waals surface area contributed by atoms with E-state index in [1.54, 1.807) is 0 Å². The van der Waals surface area contributed by atoms with Crippen LogP contribution in [0.2, 0.25) is 0 Å². The third-order valence-corrected chi connectivity index (χ3v) is 3.48. The van der Waals surface area contributed by atoms with Gasteiger partial charge in [0.1, 0.15) is 0 Å². The molecule has 0 bridgehead atoms. The summed E-state index contributed by atoms with van der Waals surface area (Å²) < 4.78 is 0. The zero-order valence-electron chi connectivity index (χ0n) is 9.69. The first-order valence-corrected chi connectivity index (χ1v) is 6.14. The lowest BCUT2D eigenvalue weighted by atomic mass is 10.2. The van der Waals surface area contributed by atoms with Gasteiger partial charge in [-0.25, -0.2) is 0 Å². The molecule has 2 N–H and O–H groups in total. The molecule has 2 saturated heterocycles. The van der Waals surface area contributed by atoms with E-state index in [1.165, 1.54) is 0 Å². The second-order valence-electron chi connectivity index (χ2n) is 4.59. The molecule has 0 spiro atoms. The number of carbonyl (C=O) groups is 1. The third-order valence-electron chi connectivity index (χ3n) is 3.48. The van der Waals surface area contributed by atoms with Crippen LogP contribution in [0.4, 0.5) is 0 Å². The third kappa shape index (κ3) is 2.72. The van der Waals surface area contributed by atoms with Gasteiger partial charge in [-0.2, -0.15) is 0 Å². The summed E-state index contributed by atoms with van der Waals surface area (Å²) in [6.07, 6.45) is 1.97. The van der Waals surface area contributed by atoms with E-state index in [-0.39, 0.29) is 18.6 Å². The average Bonchev–Trinajstić information content (AvgIpc) is 2.78. The number of piperazine rings is 1. The molecule has 5 heteroatoms. The van der Waals surface area contributed by atoms with Crippen LogP contribution in [-0.4, -0.2) is 72.7 Å². The van der Waals surface area contributed by atoms with Crippen molar-refractivity contribution in [1.29, 1.82) is 0 Å². The van der Waals surface area contributed by atoms with Crippen molar-refractivity contribution in [3.05, 3.63) is 0 Å². The molecule has 0 aromatic heterocycles. The molecule has 0 aromatic carbocycles. The van der Waals surface area contributed by atoms with E-state index in [2.05, 4.69) is 10.2 Å². The maximum Gasteiger partial charge on any atom is 0.237 e. The number of nitrogens with zero attached hydrogens (tertiary/aromatic N) is 2. The number of hydrogen-bond donors (Lipinski definition) is 2. The fraction of sp³-hybridized carbons (Fsp3) is 0.909. The number of rotatable bonds is 3. The van der Waals surface area contributed by atoms with Gasteiger partial charge in [0.05, 0.1) is 19.2 Å². The summed E-state index contributed by atoms with van der Waals surface area (Å²) in [5.74, 6) is 0.179. The van der Waals surface area contributed by atoms with Crippen LogP contribution in [0.25, 0.3) is 0 Å². The van der Waals surface area contributed by atoms with Crippen molar-refractivity contribution in [1.82, 2.24) is 15.1 Å². The molecule has 2 fully saturated rings. The van der Waals surface area contributed by atoms with Gasteiger partial charge in [-0.05, 0) is 12.8 Å². The highest BCUT2D eigenvalue weighted by Crippen LogP contribution is 2.16. The first kappa shape index (κ1) is 11.8. The number of carbonyl (C=O) groups excluding carboxylic acids is 1. The number of aliphatic hydroxyl groups is 1. The Kier molecular flexibility index (Phi) is 4.15. The summed E-state index contributed by atoms with van der Waals surface area (Å²) in [6, 6.07) is 0.0652. The molecule has 0 aromatic rings. The van der Waals surface area contributed by atoms with Crippen LogP contribution in [-0.2, 0) is 4.79 Å². The average molecular weight is 227 g/mol. The first-order chi connectivity index (χ1) is 7.81. The normalized spacial score (nSPS) is 27.3. The van der Waals surface area contributed by atoms with Crippen molar-refractivity contribution in [3.63, 3.8) is 0 Å². The Morgan fingerprint density at radius 2 is 2.06 bits per heavy atom. The lowest BCUT2D eigenvalue weighted by molar-refractivity contribution is -0.134. The van der Waals surface area contributed by atoms with Gasteiger partial charge in [0.2, 0.25) is 5.91 Å². The highest BCUT2D eigenvalue weighted by molar-refractivity contribution is 5.79. The fourth-order valence-electron chi connectivity index (χ4n) is 2.51. The predicted molar refractivity (Wildman–Crippen MR) is 61.1 cm³/mol. The van der Waals surface area contributed by atoms with Crippen molar-refractivity contribution < 1.29 is 9.90 Å². The van der Waals surface area contributed by atoms with Crippen LogP contribution in [0, 0.1) is 0 Å². The summed E-state index contributed by atoms with van der Waals surface area (Å²) in [5, 5.41) is 12.4. The second-order valence-corrected chi connectivity index (χ2v) is 4.59. The Bertz CT molecular complexity index is 241. The van der Waals surface area contributed by atoms with E-state index in [0.29, 0.717) is 6.54 Å². The minimum atomic E-state index is 0.0652. The Morgan fingerprint density at radius 1 is 1.31 bits per heavy atom. The molecule has 16 heavy (non-hydrogen) atoms. The topological polar surface area (TPSA) is 55.8 Å². The number of amides is 1. The van der Waals surface area contributed by atoms with E-state index < -0.39 is 0 Å². The molecule has 2 heterocycles. The summed E-state index contributed by atoms with van der Waals surface area (Å²) in [4.78, 5) is 16.1. The summed E-state index contributed by atoms with van der Waals surface area (Å²) >= 11 is 0. The van der Waals surface area contributed by atoms with Crippen LogP contribution in [0.15, 0.2) is 0 Å². The van der Waals surface area contributed by atoms with Crippen molar-refractivity contribution >= 4 is 5.91 Å².